The van der Waals surface area contributed by atoms with Crippen molar-refractivity contribution in [3.8, 4) is 5.75 Å². The summed E-state index contributed by atoms with van der Waals surface area (Å²) in [4.78, 5) is 26.8. The summed E-state index contributed by atoms with van der Waals surface area (Å²) in [6.07, 6.45) is -0.641. The van der Waals surface area contributed by atoms with Crippen molar-refractivity contribution in [1.82, 2.24) is 0 Å². The van der Waals surface area contributed by atoms with Crippen LogP contribution in [-0.2, 0) is 9.59 Å². The Hall–Kier alpha value is -2.53. The molecule has 1 aliphatic rings. The molecule has 2 aromatic rings. The predicted octanol–water partition coefficient (Wildman–Crippen LogP) is 3.79. The number of carbonyl (C=O) groups is 2. The van der Waals surface area contributed by atoms with E-state index in [4.69, 9.17) is 16.3 Å². The number of halogens is 1. The molecule has 5 nitrogen and oxygen atoms in total. The van der Waals surface area contributed by atoms with E-state index in [0.717, 1.165) is 5.56 Å². The summed E-state index contributed by atoms with van der Waals surface area (Å²) < 4.78 is 5.62. The van der Waals surface area contributed by atoms with Crippen molar-refractivity contribution < 1.29 is 14.3 Å². The average Bonchev–Trinajstić information content (AvgIpc) is 2.59. The van der Waals surface area contributed by atoms with Crippen LogP contribution >= 0.6 is 11.6 Å². The summed E-state index contributed by atoms with van der Waals surface area (Å²) in [7, 11) is 0. The van der Waals surface area contributed by atoms with Crippen molar-refractivity contribution in [2.24, 2.45) is 0 Å². The summed E-state index contributed by atoms with van der Waals surface area (Å²) >= 11 is 6.10. The highest BCUT2D eigenvalue weighted by Crippen LogP contribution is 2.35. The second-order valence-electron chi connectivity index (χ2n) is 6.01. The molecule has 0 bridgehead atoms. The molecule has 0 saturated heterocycles. The summed E-state index contributed by atoms with van der Waals surface area (Å²) in [6, 6.07) is 11.8. The van der Waals surface area contributed by atoms with Gasteiger partial charge >= 0.3 is 0 Å². The molecule has 3 rings (SSSR count). The topological polar surface area (TPSA) is 58.6 Å². The molecule has 2 atom stereocenters. The van der Waals surface area contributed by atoms with Crippen LogP contribution in [0.1, 0.15) is 19.4 Å². The fraction of sp³-hybridized carbons (Fsp3) is 0.263. The van der Waals surface area contributed by atoms with Crippen molar-refractivity contribution in [1.29, 1.82) is 0 Å². The first-order valence-corrected chi connectivity index (χ1v) is 8.42. The van der Waals surface area contributed by atoms with Crippen molar-refractivity contribution in [2.75, 3.05) is 10.2 Å². The van der Waals surface area contributed by atoms with E-state index in [1.807, 2.05) is 19.1 Å². The molecule has 0 aromatic heterocycles. The van der Waals surface area contributed by atoms with Crippen molar-refractivity contribution in [3.05, 3.63) is 53.1 Å². The quantitative estimate of drug-likeness (QED) is 0.908. The fourth-order valence-corrected chi connectivity index (χ4v) is 2.98. The highest BCUT2D eigenvalue weighted by Gasteiger charge is 2.37. The minimum atomic E-state index is -0.696. The fourth-order valence-electron chi connectivity index (χ4n) is 2.81. The van der Waals surface area contributed by atoms with Gasteiger partial charge in [-0.15, -0.1) is 0 Å². The Bertz CT molecular complexity index is 837. The second kappa shape index (κ2) is 6.76. The number of amides is 2. The molecule has 2 unspecified atom stereocenters. The molecule has 6 heteroatoms. The normalized spacial score (nSPS) is 17.5. The molecule has 0 fully saturated rings. The van der Waals surface area contributed by atoms with Gasteiger partial charge in [-0.2, -0.15) is 0 Å². The third-order valence-electron chi connectivity index (χ3n) is 4.31. The maximum Gasteiger partial charge on any atom is 0.268 e. The summed E-state index contributed by atoms with van der Waals surface area (Å²) in [5, 5.41) is 3.43. The molecule has 2 aromatic carbocycles. The molecular formula is C19H19ClN2O3. The minimum Gasteiger partial charge on any atom is -0.479 e. The van der Waals surface area contributed by atoms with Crippen molar-refractivity contribution in [2.45, 2.75) is 32.9 Å². The largest absolute Gasteiger partial charge is 0.479 e. The Morgan fingerprint density at radius 2 is 1.96 bits per heavy atom. The number of benzene rings is 2. The zero-order valence-corrected chi connectivity index (χ0v) is 15.0. The third kappa shape index (κ3) is 3.20. The van der Waals surface area contributed by atoms with Gasteiger partial charge in [0, 0.05) is 10.7 Å². The van der Waals surface area contributed by atoms with Gasteiger partial charge in [0.15, 0.2) is 6.10 Å². The lowest BCUT2D eigenvalue weighted by molar-refractivity contribution is -0.128. The highest BCUT2D eigenvalue weighted by atomic mass is 35.5. The zero-order chi connectivity index (χ0) is 18.1. The number of hydrogen-bond acceptors (Lipinski definition) is 3. The van der Waals surface area contributed by atoms with Gasteiger partial charge in [0.25, 0.3) is 5.91 Å². The van der Waals surface area contributed by atoms with Gasteiger partial charge in [0.1, 0.15) is 11.8 Å². The van der Waals surface area contributed by atoms with Crippen LogP contribution in [0.4, 0.5) is 11.4 Å². The van der Waals surface area contributed by atoms with Crippen molar-refractivity contribution in [3.63, 3.8) is 0 Å². The first-order valence-electron chi connectivity index (χ1n) is 8.05. The maximum absolute atomic E-state index is 12.7. The number of ether oxygens (including phenoxy) is 1. The summed E-state index contributed by atoms with van der Waals surface area (Å²) in [6.45, 7) is 5.21. The Morgan fingerprint density at radius 3 is 2.72 bits per heavy atom. The average molecular weight is 359 g/mol. The third-order valence-corrected chi connectivity index (χ3v) is 4.72. The van der Waals surface area contributed by atoms with E-state index < -0.39 is 12.1 Å². The van der Waals surface area contributed by atoms with Gasteiger partial charge in [-0.3, -0.25) is 14.5 Å². The number of carbonyl (C=O) groups excluding carboxylic acids is 2. The van der Waals surface area contributed by atoms with E-state index >= 15 is 0 Å². The van der Waals surface area contributed by atoms with E-state index in [0.29, 0.717) is 22.1 Å². The molecule has 0 spiro atoms. The first-order chi connectivity index (χ1) is 11.9. The van der Waals surface area contributed by atoms with E-state index in [9.17, 15) is 9.59 Å². The number of nitrogens with zero attached hydrogens (tertiary/aromatic N) is 1. The maximum atomic E-state index is 12.7. The van der Waals surface area contributed by atoms with Crippen LogP contribution in [0.3, 0.4) is 0 Å². The predicted molar refractivity (Wildman–Crippen MR) is 98.3 cm³/mol. The Labute approximate surface area is 151 Å². The first kappa shape index (κ1) is 17.3. The second-order valence-corrected chi connectivity index (χ2v) is 6.42. The van der Waals surface area contributed by atoms with Gasteiger partial charge in [-0.05, 0) is 50.6 Å². The molecule has 25 heavy (non-hydrogen) atoms. The van der Waals surface area contributed by atoms with Crippen molar-refractivity contribution >= 4 is 34.8 Å². The molecule has 1 aliphatic heterocycles. The molecule has 0 radical (unpaired) electrons. The number of rotatable bonds is 3. The van der Waals surface area contributed by atoms with Crippen LogP contribution in [-0.4, -0.2) is 24.0 Å². The Kier molecular flexibility index (Phi) is 4.68. The van der Waals surface area contributed by atoms with Crippen LogP contribution in [0.25, 0.3) is 0 Å². The van der Waals surface area contributed by atoms with Crippen LogP contribution in [0, 0.1) is 6.92 Å². The van der Waals surface area contributed by atoms with Gasteiger partial charge < -0.3 is 10.1 Å². The van der Waals surface area contributed by atoms with Crippen LogP contribution in [0.2, 0.25) is 5.02 Å². The zero-order valence-electron chi connectivity index (χ0n) is 14.2. The SMILES string of the molecule is Cc1c(Cl)cccc1NC(=O)C(C)N1C(=O)C(C)Oc2ccccc21. The molecule has 1 heterocycles. The molecule has 2 amide bonds. The van der Waals surface area contributed by atoms with Gasteiger partial charge in [0.05, 0.1) is 5.69 Å². The standard InChI is InChI=1S/C19H19ClN2O3/c1-11-14(20)7-6-8-15(11)21-18(23)12(2)22-16-9-4-5-10-17(16)25-13(3)19(22)24/h4-10,12-13H,1-3H3,(H,21,23). The van der Waals surface area contributed by atoms with Crippen LogP contribution in [0.5, 0.6) is 5.75 Å². The Morgan fingerprint density at radius 1 is 1.24 bits per heavy atom. The van der Waals surface area contributed by atoms with E-state index in [2.05, 4.69) is 5.32 Å². The number of hydrogen-bond donors (Lipinski definition) is 1. The van der Waals surface area contributed by atoms with Gasteiger partial charge in [0.2, 0.25) is 5.91 Å². The van der Waals surface area contributed by atoms with E-state index in [1.54, 1.807) is 44.2 Å². The lowest BCUT2D eigenvalue weighted by Crippen LogP contribution is -2.52. The monoisotopic (exact) mass is 358 g/mol. The van der Waals surface area contributed by atoms with Gasteiger partial charge in [-0.25, -0.2) is 0 Å². The van der Waals surface area contributed by atoms with E-state index in [1.165, 1.54) is 4.90 Å². The van der Waals surface area contributed by atoms with Crippen LogP contribution < -0.4 is 15.0 Å². The van der Waals surface area contributed by atoms with E-state index in [-0.39, 0.29) is 11.8 Å². The van der Waals surface area contributed by atoms with Crippen LogP contribution in [0.15, 0.2) is 42.5 Å². The number of para-hydroxylation sites is 2. The minimum absolute atomic E-state index is 0.246. The highest BCUT2D eigenvalue weighted by molar-refractivity contribution is 6.31. The number of fused-ring (bicyclic) bond motifs is 1. The molecule has 0 saturated carbocycles. The molecule has 130 valence electrons. The lowest BCUT2D eigenvalue weighted by Gasteiger charge is -2.36. The summed E-state index contributed by atoms with van der Waals surface area (Å²) in [5.41, 5.74) is 2.01. The number of nitrogens with one attached hydrogen (secondary N) is 1. The smallest absolute Gasteiger partial charge is 0.268 e. The number of anilines is 2. The Balaban J connectivity index is 1.89. The molecule has 0 aliphatic carbocycles. The summed E-state index contributed by atoms with van der Waals surface area (Å²) in [5.74, 6) is 0.0555. The molecule has 1 N–H and O–H groups in total. The molecular weight excluding hydrogens is 340 g/mol. The van der Waals surface area contributed by atoms with Gasteiger partial charge in [-0.1, -0.05) is 29.8 Å². The lowest BCUT2D eigenvalue weighted by atomic mass is 10.1.